The van der Waals surface area contributed by atoms with E-state index in [4.69, 9.17) is 10.6 Å². The molecule has 5 heteroatoms. The van der Waals surface area contributed by atoms with Gasteiger partial charge in [0.05, 0.1) is 6.10 Å². The van der Waals surface area contributed by atoms with Crippen LogP contribution < -0.4 is 11.3 Å². The van der Waals surface area contributed by atoms with Crippen LogP contribution in [0.2, 0.25) is 0 Å². The molecule has 0 aromatic rings. The Morgan fingerprint density at radius 1 is 1.44 bits per heavy atom. The topological polar surface area (TPSA) is 67.6 Å². The van der Waals surface area contributed by atoms with Crippen molar-refractivity contribution in [3.63, 3.8) is 0 Å². The number of hydrogen-bond donors (Lipinski definition) is 2. The summed E-state index contributed by atoms with van der Waals surface area (Å²) < 4.78 is 5.74. The molecule has 2 aliphatic rings. The van der Waals surface area contributed by atoms with Gasteiger partial charge in [-0.15, -0.1) is 0 Å². The predicted octanol–water partition coefficient (Wildman–Crippen LogP) is 0.646. The predicted molar refractivity (Wildman–Crippen MR) is 69.7 cm³/mol. The van der Waals surface area contributed by atoms with E-state index in [1.165, 1.54) is 32.4 Å². The van der Waals surface area contributed by atoms with Gasteiger partial charge in [-0.3, -0.25) is 10.2 Å². The number of nitrogens with two attached hydrogens (primary N) is 1. The Balaban J connectivity index is 1.70. The number of nitrogens with one attached hydrogen (secondary N) is 1. The average Bonchev–Trinajstić information content (AvgIpc) is 2.99. The quantitative estimate of drug-likeness (QED) is 0.430. The minimum Gasteiger partial charge on any atom is -0.364 e. The molecule has 0 aromatic carbocycles. The molecule has 3 N–H and O–H groups in total. The van der Waals surface area contributed by atoms with Gasteiger partial charge in [-0.2, -0.15) is 0 Å². The maximum Gasteiger partial charge on any atom is 0.263 e. The van der Waals surface area contributed by atoms with Crippen molar-refractivity contribution in [2.45, 2.75) is 51.2 Å². The van der Waals surface area contributed by atoms with Gasteiger partial charge in [0.1, 0.15) is 6.10 Å². The Morgan fingerprint density at radius 2 is 2.28 bits per heavy atom. The second-order valence-electron chi connectivity index (χ2n) is 5.54. The lowest BCUT2D eigenvalue weighted by Crippen LogP contribution is -2.40. The Morgan fingerprint density at radius 3 is 3.00 bits per heavy atom. The summed E-state index contributed by atoms with van der Waals surface area (Å²) in [6.45, 7) is 5.59. The third-order valence-corrected chi connectivity index (χ3v) is 4.07. The minimum absolute atomic E-state index is 0.192. The van der Waals surface area contributed by atoms with Crippen molar-refractivity contribution < 1.29 is 9.53 Å². The molecular formula is C13H25N3O2. The Labute approximate surface area is 109 Å². The van der Waals surface area contributed by atoms with Crippen LogP contribution in [0.5, 0.6) is 0 Å². The number of nitrogens with zero attached hydrogens (tertiary/aromatic N) is 1. The summed E-state index contributed by atoms with van der Waals surface area (Å²) in [5, 5.41) is 0. The molecule has 18 heavy (non-hydrogen) atoms. The smallest absolute Gasteiger partial charge is 0.263 e. The van der Waals surface area contributed by atoms with Crippen LogP contribution in [0, 0.1) is 5.92 Å². The molecule has 0 bridgehead atoms. The van der Waals surface area contributed by atoms with Gasteiger partial charge in [0.25, 0.3) is 5.91 Å². The largest absolute Gasteiger partial charge is 0.364 e. The number of ether oxygens (including phenoxy) is 1. The zero-order chi connectivity index (χ0) is 13.0. The van der Waals surface area contributed by atoms with Crippen LogP contribution in [-0.4, -0.2) is 42.6 Å². The van der Waals surface area contributed by atoms with E-state index in [9.17, 15) is 4.79 Å². The van der Waals surface area contributed by atoms with Crippen molar-refractivity contribution in [3.05, 3.63) is 0 Å². The lowest BCUT2D eigenvalue weighted by atomic mass is 10.0. The summed E-state index contributed by atoms with van der Waals surface area (Å²) in [4.78, 5) is 13.8. The van der Waals surface area contributed by atoms with Gasteiger partial charge in [0, 0.05) is 13.1 Å². The highest BCUT2D eigenvalue weighted by Crippen LogP contribution is 2.25. The molecule has 2 aliphatic heterocycles. The molecule has 0 saturated carbocycles. The van der Waals surface area contributed by atoms with Crippen molar-refractivity contribution in [1.82, 2.24) is 10.3 Å². The van der Waals surface area contributed by atoms with Crippen molar-refractivity contribution in [2.75, 3.05) is 19.6 Å². The van der Waals surface area contributed by atoms with E-state index in [-0.39, 0.29) is 18.1 Å². The fourth-order valence-electron chi connectivity index (χ4n) is 3.14. The fraction of sp³-hybridized carbons (Fsp3) is 0.923. The number of rotatable bonds is 5. The van der Waals surface area contributed by atoms with E-state index >= 15 is 0 Å². The van der Waals surface area contributed by atoms with E-state index in [1.807, 2.05) is 0 Å². The van der Waals surface area contributed by atoms with Crippen LogP contribution >= 0.6 is 0 Å². The van der Waals surface area contributed by atoms with Crippen molar-refractivity contribution in [2.24, 2.45) is 11.8 Å². The third kappa shape index (κ3) is 3.43. The summed E-state index contributed by atoms with van der Waals surface area (Å²) in [7, 11) is 0. The molecule has 1 amide bonds. The highest BCUT2D eigenvalue weighted by atomic mass is 16.5. The standard InChI is InChI=1S/C13H25N3O2/c1-2-3-10-6-7-16(8-10)9-11-4-5-12(18-11)13(17)15-14/h10-12H,2-9,14H2,1H3,(H,15,17). The Bertz CT molecular complexity index is 285. The molecule has 2 fully saturated rings. The fourth-order valence-corrected chi connectivity index (χ4v) is 3.14. The first-order valence-electron chi connectivity index (χ1n) is 7.11. The molecule has 3 atom stereocenters. The molecule has 3 unspecified atom stereocenters. The minimum atomic E-state index is -0.339. The second kappa shape index (κ2) is 6.50. The first-order valence-corrected chi connectivity index (χ1v) is 7.11. The van der Waals surface area contributed by atoms with E-state index in [2.05, 4.69) is 17.2 Å². The maximum atomic E-state index is 11.4. The highest BCUT2D eigenvalue weighted by molar-refractivity contribution is 5.80. The van der Waals surface area contributed by atoms with E-state index < -0.39 is 0 Å². The molecule has 2 saturated heterocycles. The molecule has 0 aromatic heterocycles. The molecule has 0 spiro atoms. The van der Waals surface area contributed by atoms with Crippen molar-refractivity contribution in [1.29, 1.82) is 0 Å². The third-order valence-electron chi connectivity index (χ3n) is 4.07. The molecule has 2 rings (SSSR count). The number of amides is 1. The van der Waals surface area contributed by atoms with Crippen molar-refractivity contribution >= 4 is 5.91 Å². The van der Waals surface area contributed by atoms with Gasteiger partial charge in [-0.25, -0.2) is 5.84 Å². The van der Waals surface area contributed by atoms with Crippen LogP contribution in [0.3, 0.4) is 0 Å². The van der Waals surface area contributed by atoms with E-state index in [0.29, 0.717) is 0 Å². The first-order chi connectivity index (χ1) is 8.72. The Kier molecular flexibility index (Phi) is 4.97. The van der Waals surface area contributed by atoms with Gasteiger partial charge >= 0.3 is 0 Å². The zero-order valence-electron chi connectivity index (χ0n) is 11.2. The number of likely N-dealkylation sites (tertiary alicyclic amines) is 1. The van der Waals surface area contributed by atoms with Gasteiger partial charge in [0.2, 0.25) is 0 Å². The van der Waals surface area contributed by atoms with Gasteiger partial charge < -0.3 is 9.64 Å². The number of hydrogen-bond acceptors (Lipinski definition) is 4. The summed E-state index contributed by atoms with van der Waals surface area (Å²) in [6, 6.07) is 0. The molecule has 104 valence electrons. The number of carbonyl (C=O) groups excluding carboxylic acids is 1. The van der Waals surface area contributed by atoms with Crippen LogP contribution in [0.1, 0.15) is 39.0 Å². The van der Waals surface area contributed by atoms with E-state index in [1.54, 1.807) is 0 Å². The summed E-state index contributed by atoms with van der Waals surface area (Å²) in [5.74, 6) is 5.79. The Hall–Kier alpha value is -0.650. The molecular weight excluding hydrogens is 230 g/mol. The lowest BCUT2D eigenvalue weighted by molar-refractivity contribution is -0.132. The summed E-state index contributed by atoms with van der Waals surface area (Å²) >= 11 is 0. The molecule has 0 radical (unpaired) electrons. The van der Waals surface area contributed by atoms with E-state index in [0.717, 1.165) is 25.3 Å². The van der Waals surface area contributed by atoms with Gasteiger partial charge in [-0.1, -0.05) is 13.3 Å². The van der Waals surface area contributed by atoms with Crippen LogP contribution in [0.15, 0.2) is 0 Å². The van der Waals surface area contributed by atoms with Crippen LogP contribution in [0.25, 0.3) is 0 Å². The monoisotopic (exact) mass is 255 g/mol. The number of carbonyl (C=O) groups is 1. The van der Waals surface area contributed by atoms with Gasteiger partial charge in [0.15, 0.2) is 0 Å². The second-order valence-corrected chi connectivity index (χ2v) is 5.54. The summed E-state index contributed by atoms with van der Waals surface area (Å²) in [6.07, 6.45) is 5.54. The maximum absolute atomic E-state index is 11.4. The highest BCUT2D eigenvalue weighted by Gasteiger charge is 2.32. The average molecular weight is 255 g/mol. The summed E-state index contributed by atoms with van der Waals surface area (Å²) in [5.41, 5.74) is 2.17. The molecule has 5 nitrogen and oxygen atoms in total. The molecule has 0 aliphatic carbocycles. The molecule has 2 heterocycles. The normalized spacial score (nSPS) is 32.9. The lowest BCUT2D eigenvalue weighted by Gasteiger charge is -2.20. The van der Waals surface area contributed by atoms with Crippen LogP contribution in [0.4, 0.5) is 0 Å². The zero-order valence-corrected chi connectivity index (χ0v) is 11.2. The first kappa shape index (κ1) is 13.8. The van der Waals surface area contributed by atoms with Crippen molar-refractivity contribution in [3.8, 4) is 0 Å². The van der Waals surface area contributed by atoms with Crippen LogP contribution in [-0.2, 0) is 9.53 Å². The number of hydrazine groups is 1. The van der Waals surface area contributed by atoms with Gasteiger partial charge in [-0.05, 0) is 38.1 Å². The SMILES string of the molecule is CCCC1CCN(CC2CCC(C(=O)NN)O2)C1.